The zero-order chi connectivity index (χ0) is 20.7. The van der Waals surface area contributed by atoms with E-state index in [0.717, 1.165) is 62.5 Å². The van der Waals surface area contributed by atoms with Gasteiger partial charge >= 0.3 is 6.09 Å². The van der Waals surface area contributed by atoms with E-state index in [1.807, 2.05) is 13.8 Å². The molecule has 1 aromatic carbocycles. The molecule has 1 saturated heterocycles. The lowest BCUT2D eigenvalue weighted by molar-refractivity contribution is -0.106. The summed E-state index contributed by atoms with van der Waals surface area (Å²) in [6, 6.07) is 8.79. The maximum Gasteiger partial charge on any atom is 0.407 e. The summed E-state index contributed by atoms with van der Waals surface area (Å²) in [5, 5.41) is 13.9. The summed E-state index contributed by atoms with van der Waals surface area (Å²) in [6.07, 6.45) is 4.59. The zero-order valence-corrected chi connectivity index (χ0v) is 17.7. The van der Waals surface area contributed by atoms with Crippen molar-refractivity contribution in [3.8, 4) is 0 Å². The molecule has 2 heterocycles. The van der Waals surface area contributed by atoms with E-state index < -0.39 is 0 Å². The van der Waals surface area contributed by atoms with Crippen LogP contribution in [0, 0.1) is 5.41 Å². The number of hydrogen-bond acceptors (Lipinski definition) is 5. The topological polar surface area (TPSA) is 88.3 Å². The lowest BCUT2D eigenvalue weighted by atomic mass is 9.83. The number of anilines is 2. The minimum absolute atomic E-state index is 0.0343. The van der Waals surface area contributed by atoms with Crippen molar-refractivity contribution in [1.29, 1.82) is 0 Å². The summed E-state index contributed by atoms with van der Waals surface area (Å²) in [5.74, 6) is 1.16. The molecule has 2 aliphatic carbocycles. The van der Waals surface area contributed by atoms with E-state index in [0.29, 0.717) is 11.3 Å². The number of rotatable bonds is 5. The molecule has 3 aliphatic rings. The van der Waals surface area contributed by atoms with Crippen LogP contribution in [-0.2, 0) is 22.3 Å². The SMILES string of the molecule is CC(C)NC(=O)O[C@@H]1CC[C@H](c2cc(Nc3ccc4c(c3)CC3(COC3)C4)n[nH]2)C1. The van der Waals surface area contributed by atoms with Crippen LogP contribution in [0.2, 0.25) is 0 Å². The molecule has 1 amide bonds. The number of H-pyrrole nitrogens is 1. The van der Waals surface area contributed by atoms with E-state index in [1.54, 1.807) is 0 Å². The standard InChI is InChI=1S/C23H30N4O3/c1-14(2)24-22(28)30-19-6-4-15(8-19)20-9-21(27-26-20)25-18-5-3-16-10-23(12-29-13-23)11-17(16)7-18/h3,5,7,9,14-15,19H,4,6,8,10-13H2,1-2H3,(H,24,28)(H2,25,26,27)/t15-,19+/m0/s1. The monoisotopic (exact) mass is 410 g/mol. The number of hydrogen-bond donors (Lipinski definition) is 3. The maximum atomic E-state index is 11.8. The Kier molecular flexibility index (Phi) is 4.93. The summed E-state index contributed by atoms with van der Waals surface area (Å²) in [4.78, 5) is 11.8. The van der Waals surface area contributed by atoms with Crippen molar-refractivity contribution in [2.24, 2.45) is 5.41 Å². The van der Waals surface area contributed by atoms with E-state index in [2.05, 4.69) is 45.1 Å². The molecule has 1 aliphatic heterocycles. The average molecular weight is 411 g/mol. The van der Waals surface area contributed by atoms with Crippen LogP contribution in [0.1, 0.15) is 55.8 Å². The number of nitrogens with one attached hydrogen (secondary N) is 3. The van der Waals surface area contributed by atoms with Gasteiger partial charge in [-0.2, -0.15) is 5.10 Å². The highest BCUT2D eigenvalue weighted by Crippen LogP contribution is 2.43. The van der Waals surface area contributed by atoms with E-state index in [-0.39, 0.29) is 18.2 Å². The Morgan fingerprint density at radius 1 is 1.23 bits per heavy atom. The van der Waals surface area contributed by atoms with Gasteiger partial charge in [0.15, 0.2) is 5.82 Å². The van der Waals surface area contributed by atoms with Gasteiger partial charge in [0.1, 0.15) is 6.10 Å². The second-order valence-corrected chi connectivity index (χ2v) is 9.50. The highest BCUT2D eigenvalue weighted by molar-refractivity contribution is 5.67. The number of aromatic nitrogens is 2. The van der Waals surface area contributed by atoms with Gasteiger partial charge in [-0.15, -0.1) is 0 Å². The number of ether oxygens (including phenoxy) is 2. The van der Waals surface area contributed by atoms with Crippen molar-refractivity contribution in [3.05, 3.63) is 41.1 Å². The first-order valence-electron chi connectivity index (χ1n) is 11.0. The van der Waals surface area contributed by atoms with E-state index in [4.69, 9.17) is 9.47 Å². The van der Waals surface area contributed by atoms with Crippen LogP contribution in [0.5, 0.6) is 0 Å². The van der Waals surface area contributed by atoms with Crippen LogP contribution < -0.4 is 10.6 Å². The van der Waals surface area contributed by atoms with Gasteiger partial charge in [0.25, 0.3) is 0 Å². The first-order chi connectivity index (χ1) is 14.5. The summed E-state index contributed by atoms with van der Waals surface area (Å²) in [7, 11) is 0. The number of aromatic amines is 1. The molecular weight excluding hydrogens is 380 g/mol. The van der Waals surface area contributed by atoms with Gasteiger partial charge in [0.05, 0.1) is 13.2 Å². The third-order valence-electron chi connectivity index (χ3n) is 6.53. The molecule has 1 spiro atoms. The smallest absolute Gasteiger partial charge is 0.407 e. The summed E-state index contributed by atoms with van der Waals surface area (Å²) in [6.45, 7) is 5.63. The van der Waals surface area contributed by atoms with Crippen LogP contribution in [0.25, 0.3) is 0 Å². The van der Waals surface area contributed by atoms with Gasteiger partial charge in [0.2, 0.25) is 0 Å². The average Bonchev–Trinajstić information content (AvgIpc) is 3.37. The number of carbonyl (C=O) groups is 1. The van der Waals surface area contributed by atoms with E-state index >= 15 is 0 Å². The van der Waals surface area contributed by atoms with Crippen LogP contribution >= 0.6 is 0 Å². The summed E-state index contributed by atoms with van der Waals surface area (Å²) in [5.41, 5.74) is 5.40. The molecule has 5 rings (SSSR count). The number of fused-ring (bicyclic) bond motifs is 1. The molecule has 0 unspecified atom stereocenters. The molecule has 7 nitrogen and oxygen atoms in total. The van der Waals surface area contributed by atoms with Gasteiger partial charge in [0, 0.05) is 34.8 Å². The molecule has 0 bridgehead atoms. The first-order valence-corrected chi connectivity index (χ1v) is 11.0. The third-order valence-corrected chi connectivity index (χ3v) is 6.53. The van der Waals surface area contributed by atoms with Gasteiger partial charge in [-0.3, -0.25) is 5.10 Å². The third kappa shape index (κ3) is 3.90. The highest BCUT2D eigenvalue weighted by Gasteiger charge is 2.43. The molecule has 160 valence electrons. The Bertz CT molecular complexity index is 934. The molecule has 2 aromatic rings. The Balaban J connectivity index is 1.18. The van der Waals surface area contributed by atoms with Gasteiger partial charge < -0.3 is 20.1 Å². The number of alkyl carbamates (subject to hydrolysis) is 1. The number of amides is 1. The van der Waals surface area contributed by atoms with Gasteiger partial charge in [-0.05, 0) is 69.2 Å². The molecular formula is C23H30N4O3. The minimum Gasteiger partial charge on any atom is -0.446 e. The normalized spacial score (nSPS) is 24.0. The zero-order valence-electron chi connectivity index (χ0n) is 17.7. The fourth-order valence-corrected chi connectivity index (χ4v) is 5.01. The molecule has 1 saturated carbocycles. The maximum absolute atomic E-state index is 11.8. The van der Waals surface area contributed by atoms with Crippen molar-refractivity contribution in [1.82, 2.24) is 15.5 Å². The van der Waals surface area contributed by atoms with E-state index in [1.165, 1.54) is 11.1 Å². The molecule has 30 heavy (non-hydrogen) atoms. The summed E-state index contributed by atoms with van der Waals surface area (Å²) < 4.78 is 11.0. The predicted molar refractivity (Wildman–Crippen MR) is 114 cm³/mol. The van der Waals surface area contributed by atoms with Crippen molar-refractivity contribution < 1.29 is 14.3 Å². The Hall–Kier alpha value is -2.54. The number of benzene rings is 1. The van der Waals surface area contributed by atoms with Crippen molar-refractivity contribution in [3.63, 3.8) is 0 Å². The largest absolute Gasteiger partial charge is 0.446 e. The predicted octanol–water partition coefficient (Wildman–Crippen LogP) is 4.04. The van der Waals surface area contributed by atoms with Crippen LogP contribution in [0.4, 0.5) is 16.3 Å². The lowest BCUT2D eigenvalue weighted by Gasteiger charge is -2.37. The van der Waals surface area contributed by atoms with Crippen LogP contribution in [0.15, 0.2) is 24.3 Å². The molecule has 3 N–H and O–H groups in total. The quantitative estimate of drug-likeness (QED) is 0.692. The molecule has 0 radical (unpaired) electrons. The molecule has 1 aromatic heterocycles. The molecule has 2 atom stereocenters. The van der Waals surface area contributed by atoms with E-state index in [9.17, 15) is 4.79 Å². The van der Waals surface area contributed by atoms with Gasteiger partial charge in [-0.25, -0.2) is 4.79 Å². The fourth-order valence-electron chi connectivity index (χ4n) is 5.01. The van der Waals surface area contributed by atoms with Crippen LogP contribution in [0.3, 0.4) is 0 Å². The van der Waals surface area contributed by atoms with Crippen LogP contribution in [-0.4, -0.2) is 41.7 Å². The van der Waals surface area contributed by atoms with Crippen molar-refractivity contribution in [2.45, 2.75) is 64.0 Å². The fraction of sp³-hybridized carbons (Fsp3) is 0.565. The Labute approximate surface area is 176 Å². The second-order valence-electron chi connectivity index (χ2n) is 9.50. The van der Waals surface area contributed by atoms with Crippen molar-refractivity contribution in [2.75, 3.05) is 18.5 Å². The van der Waals surface area contributed by atoms with Gasteiger partial charge in [-0.1, -0.05) is 6.07 Å². The molecule has 2 fully saturated rings. The molecule has 7 heteroatoms. The first kappa shape index (κ1) is 19.4. The Morgan fingerprint density at radius 3 is 2.83 bits per heavy atom. The van der Waals surface area contributed by atoms with Crippen molar-refractivity contribution >= 4 is 17.6 Å². The highest BCUT2D eigenvalue weighted by atomic mass is 16.6. The second kappa shape index (κ2) is 7.61. The minimum atomic E-state index is -0.325. The Morgan fingerprint density at radius 2 is 2.07 bits per heavy atom. The lowest BCUT2D eigenvalue weighted by Crippen LogP contribution is -2.43. The number of carbonyl (C=O) groups excluding carboxylic acids is 1. The number of nitrogens with zero attached hydrogens (tertiary/aromatic N) is 1. The summed E-state index contributed by atoms with van der Waals surface area (Å²) >= 11 is 0.